The largest absolute Gasteiger partial charge is 0.478 e. The zero-order valence-corrected chi connectivity index (χ0v) is 14.8. The van der Waals surface area contributed by atoms with Crippen molar-refractivity contribution in [2.75, 3.05) is 5.73 Å². The number of nitrogen functional groups attached to an aromatic ring is 1. The molecular formula is C20H15N5O3. The van der Waals surface area contributed by atoms with Crippen LogP contribution in [-0.4, -0.2) is 36.4 Å². The van der Waals surface area contributed by atoms with Crippen molar-refractivity contribution in [3.05, 3.63) is 77.1 Å². The van der Waals surface area contributed by atoms with E-state index in [1.807, 2.05) is 31.2 Å². The number of hydrogen-bond acceptors (Lipinski definition) is 6. The molecule has 0 saturated carbocycles. The van der Waals surface area contributed by atoms with Gasteiger partial charge in [0.2, 0.25) is 0 Å². The number of nitrogens with two attached hydrogens (primary N) is 1. The van der Waals surface area contributed by atoms with Gasteiger partial charge < -0.3 is 10.8 Å². The lowest BCUT2D eigenvalue weighted by Crippen LogP contribution is -2.14. The molecule has 0 bridgehead atoms. The number of rotatable bonds is 4. The summed E-state index contributed by atoms with van der Waals surface area (Å²) in [7, 11) is 0. The molecule has 3 N–H and O–H groups in total. The van der Waals surface area contributed by atoms with Gasteiger partial charge in [0, 0.05) is 11.1 Å². The Bertz CT molecular complexity index is 1210. The Labute approximate surface area is 159 Å². The number of carboxylic acids is 1. The highest BCUT2D eigenvalue weighted by molar-refractivity contribution is 6.15. The molecule has 0 aliphatic rings. The first kappa shape index (κ1) is 17.3. The number of aromatic nitrogens is 4. The SMILES string of the molecule is Cc1ccc(-c2c(C(=O)c3ccc(C(=O)O)cc3)c(N)nc3ncnn23)cc1. The zero-order chi connectivity index (χ0) is 19.8. The van der Waals surface area contributed by atoms with Gasteiger partial charge in [-0.1, -0.05) is 42.0 Å². The summed E-state index contributed by atoms with van der Waals surface area (Å²) in [5.74, 6) is -1.13. The van der Waals surface area contributed by atoms with Gasteiger partial charge in [-0.2, -0.15) is 19.6 Å². The van der Waals surface area contributed by atoms with E-state index in [1.165, 1.54) is 35.1 Å². The molecule has 0 spiro atoms. The highest BCUT2D eigenvalue weighted by Gasteiger charge is 2.24. The van der Waals surface area contributed by atoms with Crippen LogP contribution in [0.1, 0.15) is 31.8 Å². The van der Waals surface area contributed by atoms with Crippen LogP contribution in [0.5, 0.6) is 0 Å². The number of carbonyl (C=O) groups excluding carboxylic acids is 1. The van der Waals surface area contributed by atoms with Crippen molar-refractivity contribution in [1.82, 2.24) is 19.6 Å². The summed E-state index contributed by atoms with van der Waals surface area (Å²) in [5, 5.41) is 13.2. The van der Waals surface area contributed by atoms with Gasteiger partial charge in [-0.3, -0.25) is 4.79 Å². The van der Waals surface area contributed by atoms with Crippen molar-refractivity contribution in [3.8, 4) is 11.3 Å². The summed E-state index contributed by atoms with van der Waals surface area (Å²) >= 11 is 0. The fraction of sp³-hybridized carbons (Fsp3) is 0.0500. The maximum Gasteiger partial charge on any atom is 0.335 e. The number of nitrogens with zero attached hydrogens (tertiary/aromatic N) is 4. The molecular weight excluding hydrogens is 358 g/mol. The molecule has 4 aromatic rings. The number of ketones is 1. The van der Waals surface area contributed by atoms with Gasteiger partial charge >= 0.3 is 5.97 Å². The topological polar surface area (TPSA) is 123 Å². The van der Waals surface area contributed by atoms with E-state index < -0.39 is 5.97 Å². The van der Waals surface area contributed by atoms with Gasteiger partial charge in [0.05, 0.1) is 16.8 Å². The maximum absolute atomic E-state index is 13.2. The van der Waals surface area contributed by atoms with Crippen LogP contribution in [-0.2, 0) is 0 Å². The lowest BCUT2D eigenvalue weighted by Gasteiger charge is -2.13. The Morgan fingerprint density at radius 3 is 2.29 bits per heavy atom. The molecule has 4 rings (SSSR count). The van der Waals surface area contributed by atoms with Gasteiger partial charge in [-0.15, -0.1) is 0 Å². The molecule has 0 aliphatic carbocycles. The first-order valence-electron chi connectivity index (χ1n) is 8.40. The van der Waals surface area contributed by atoms with Crippen LogP contribution in [0.15, 0.2) is 54.9 Å². The molecule has 0 unspecified atom stereocenters. The van der Waals surface area contributed by atoms with Crippen LogP contribution < -0.4 is 5.73 Å². The van der Waals surface area contributed by atoms with Crippen molar-refractivity contribution in [3.63, 3.8) is 0 Å². The summed E-state index contributed by atoms with van der Waals surface area (Å²) in [6.07, 6.45) is 1.34. The molecule has 8 heteroatoms. The van der Waals surface area contributed by atoms with Crippen LogP contribution >= 0.6 is 0 Å². The van der Waals surface area contributed by atoms with E-state index in [9.17, 15) is 9.59 Å². The van der Waals surface area contributed by atoms with Crippen LogP contribution in [0.4, 0.5) is 5.82 Å². The van der Waals surface area contributed by atoms with Gasteiger partial charge in [-0.05, 0) is 19.1 Å². The molecule has 0 fully saturated rings. The zero-order valence-electron chi connectivity index (χ0n) is 14.8. The van der Waals surface area contributed by atoms with E-state index in [2.05, 4.69) is 15.1 Å². The minimum absolute atomic E-state index is 0.0309. The summed E-state index contributed by atoms with van der Waals surface area (Å²) in [6, 6.07) is 13.2. The van der Waals surface area contributed by atoms with E-state index >= 15 is 0 Å². The first-order chi connectivity index (χ1) is 13.5. The molecule has 2 heterocycles. The number of anilines is 1. The third kappa shape index (κ3) is 2.86. The minimum atomic E-state index is -1.07. The molecule has 8 nitrogen and oxygen atoms in total. The second-order valence-electron chi connectivity index (χ2n) is 6.27. The third-order valence-electron chi connectivity index (χ3n) is 4.40. The summed E-state index contributed by atoms with van der Waals surface area (Å²) in [4.78, 5) is 32.6. The van der Waals surface area contributed by atoms with E-state index in [-0.39, 0.29) is 28.5 Å². The lowest BCUT2D eigenvalue weighted by molar-refractivity contribution is 0.0696. The van der Waals surface area contributed by atoms with Gasteiger partial charge in [-0.25, -0.2) is 4.79 Å². The molecule has 0 atom stereocenters. The molecule has 138 valence electrons. The Balaban J connectivity index is 1.94. The van der Waals surface area contributed by atoms with Crippen LogP contribution in [0, 0.1) is 6.92 Å². The predicted molar refractivity (Wildman–Crippen MR) is 102 cm³/mol. The number of carbonyl (C=O) groups is 2. The van der Waals surface area contributed by atoms with E-state index in [4.69, 9.17) is 10.8 Å². The second kappa shape index (κ2) is 6.58. The first-order valence-corrected chi connectivity index (χ1v) is 8.40. The molecule has 0 amide bonds. The standard InChI is InChI=1S/C20H15N5O3/c1-11-2-4-12(5-3-11)16-15(18(21)24-20-22-10-23-25(16)20)17(26)13-6-8-14(9-7-13)19(27)28/h2-10H,1H3,(H,27,28)(H2,21,22,23,24). The van der Waals surface area contributed by atoms with Crippen molar-refractivity contribution >= 4 is 23.3 Å². The molecule has 28 heavy (non-hydrogen) atoms. The number of hydrogen-bond donors (Lipinski definition) is 2. The van der Waals surface area contributed by atoms with Gasteiger partial charge in [0.1, 0.15) is 12.1 Å². The van der Waals surface area contributed by atoms with Crippen molar-refractivity contribution in [2.45, 2.75) is 6.92 Å². The Morgan fingerprint density at radius 2 is 1.64 bits per heavy atom. The average molecular weight is 373 g/mol. The molecule has 2 aromatic heterocycles. The van der Waals surface area contributed by atoms with E-state index in [0.29, 0.717) is 11.3 Å². The van der Waals surface area contributed by atoms with Crippen LogP contribution in [0.2, 0.25) is 0 Å². The van der Waals surface area contributed by atoms with Crippen LogP contribution in [0.25, 0.3) is 17.0 Å². The number of aryl methyl sites for hydroxylation is 1. The van der Waals surface area contributed by atoms with E-state index in [0.717, 1.165) is 11.1 Å². The highest BCUT2D eigenvalue weighted by atomic mass is 16.4. The Kier molecular flexibility index (Phi) is 4.08. The van der Waals surface area contributed by atoms with Crippen molar-refractivity contribution in [2.24, 2.45) is 0 Å². The summed E-state index contributed by atoms with van der Waals surface area (Å²) < 4.78 is 1.47. The Hall–Kier alpha value is -4.07. The Morgan fingerprint density at radius 1 is 1.00 bits per heavy atom. The third-order valence-corrected chi connectivity index (χ3v) is 4.40. The number of aromatic carboxylic acids is 1. The average Bonchev–Trinajstić information content (AvgIpc) is 3.15. The van der Waals surface area contributed by atoms with Crippen molar-refractivity contribution < 1.29 is 14.7 Å². The number of fused-ring (bicyclic) bond motifs is 1. The smallest absolute Gasteiger partial charge is 0.335 e. The lowest BCUT2D eigenvalue weighted by atomic mass is 9.97. The number of benzene rings is 2. The van der Waals surface area contributed by atoms with Crippen LogP contribution in [0.3, 0.4) is 0 Å². The number of carboxylic acid groups (broad SMARTS) is 1. The quantitative estimate of drug-likeness (QED) is 0.527. The van der Waals surface area contributed by atoms with Gasteiger partial charge in [0.15, 0.2) is 5.78 Å². The molecule has 2 aromatic carbocycles. The van der Waals surface area contributed by atoms with Gasteiger partial charge in [0.25, 0.3) is 5.78 Å². The summed E-state index contributed by atoms with van der Waals surface area (Å²) in [6.45, 7) is 1.96. The molecule has 0 aliphatic heterocycles. The molecule has 0 radical (unpaired) electrons. The minimum Gasteiger partial charge on any atom is -0.478 e. The fourth-order valence-electron chi connectivity index (χ4n) is 2.97. The highest BCUT2D eigenvalue weighted by Crippen LogP contribution is 2.29. The maximum atomic E-state index is 13.2. The fourth-order valence-corrected chi connectivity index (χ4v) is 2.97. The normalized spacial score (nSPS) is 10.9. The predicted octanol–water partition coefficient (Wildman–Crippen LogP) is 2.61. The summed E-state index contributed by atoms with van der Waals surface area (Å²) in [5.41, 5.74) is 8.98. The molecule has 0 saturated heterocycles. The van der Waals surface area contributed by atoms with E-state index in [1.54, 1.807) is 0 Å². The monoisotopic (exact) mass is 373 g/mol. The van der Waals surface area contributed by atoms with Crippen molar-refractivity contribution in [1.29, 1.82) is 0 Å². The second-order valence-corrected chi connectivity index (χ2v) is 6.27.